The van der Waals surface area contributed by atoms with Gasteiger partial charge in [0.2, 0.25) is 0 Å². The van der Waals surface area contributed by atoms with Crippen molar-refractivity contribution in [2.45, 2.75) is 0 Å². The quantitative estimate of drug-likeness (QED) is 0.503. The lowest BCUT2D eigenvalue weighted by Gasteiger charge is -1.91. The zero-order valence-electron chi connectivity index (χ0n) is 4.46. The molecule has 0 aliphatic heterocycles. The highest BCUT2D eigenvalue weighted by molar-refractivity contribution is 5.50. The molecule has 0 aliphatic carbocycles. The molecule has 0 fully saturated rings. The maximum Gasteiger partial charge on any atom is 0.0334 e. The van der Waals surface area contributed by atoms with Gasteiger partial charge in [-0.05, 0) is 18.2 Å². The molecule has 0 spiro atoms. The summed E-state index contributed by atoms with van der Waals surface area (Å²) in [4.78, 5) is 0. The largest absolute Gasteiger partial charge is 0.399 e. The van der Waals surface area contributed by atoms with Crippen LogP contribution < -0.4 is 11.5 Å². The summed E-state index contributed by atoms with van der Waals surface area (Å²) >= 11 is 0. The van der Waals surface area contributed by atoms with Gasteiger partial charge in [0.25, 0.3) is 0 Å². The zero-order chi connectivity index (χ0) is 5.98. The van der Waals surface area contributed by atoms with Crippen molar-refractivity contribution in [2.75, 3.05) is 11.5 Å². The molecule has 0 heterocycles. The van der Waals surface area contributed by atoms with E-state index in [2.05, 4.69) is 0 Å². The van der Waals surface area contributed by atoms with Crippen LogP contribution in [0.25, 0.3) is 0 Å². The summed E-state index contributed by atoms with van der Waals surface area (Å²) < 4.78 is 0. The van der Waals surface area contributed by atoms with Gasteiger partial charge in [-0.25, -0.2) is 0 Å². The van der Waals surface area contributed by atoms with Gasteiger partial charge in [0, 0.05) is 15.7 Å². The van der Waals surface area contributed by atoms with Crippen molar-refractivity contribution in [2.24, 2.45) is 0 Å². The summed E-state index contributed by atoms with van der Waals surface area (Å²) in [6, 6.07) is 7.15. The van der Waals surface area contributed by atoms with Crippen molar-refractivity contribution in [1.29, 1.82) is 0 Å². The fourth-order valence-corrected chi connectivity index (χ4v) is 0.559. The van der Waals surface area contributed by atoms with E-state index in [0.29, 0.717) is 11.4 Å². The normalized spacial score (nSPS) is 9.00. The van der Waals surface area contributed by atoms with Crippen molar-refractivity contribution in [1.82, 2.24) is 0 Å². The first-order chi connectivity index (χ1) is 3.79. The molecule has 0 bridgehead atoms. The molecule has 0 unspecified atom stereocenters. The number of hydrogen-bond acceptors (Lipinski definition) is 2. The standard InChI is InChI=1S/C6H8N2.3H2/c7-5-2-1-3-6(8)4-5;;;/h1-4H,7-8H2;3*1H. The Balaban J connectivity index is -0.000000213. The van der Waals surface area contributed by atoms with Gasteiger partial charge in [-0.15, -0.1) is 0 Å². The van der Waals surface area contributed by atoms with Crippen molar-refractivity contribution in [3.05, 3.63) is 24.3 Å². The smallest absolute Gasteiger partial charge is 0.0334 e. The van der Waals surface area contributed by atoms with Crippen LogP contribution in [0.4, 0.5) is 11.4 Å². The summed E-state index contributed by atoms with van der Waals surface area (Å²) in [5, 5.41) is 0. The fourth-order valence-electron chi connectivity index (χ4n) is 0.559. The van der Waals surface area contributed by atoms with E-state index in [4.69, 9.17) is 11.5 Å². The van der Waals surface area contributed by atoms with Gasteiger partial charge in [0.05, 0.1) is 0 Å². The van der Waals surface area contributed by atoms with Gasteiger partial charge in [0.1, 0.15) is 0 Å². The van der Waals surface area contributed by atoms with Gasteiger partial charge in [-0.1, -0.05) is 6.07 Å². The van der Waals surface area contributed by atoms with Crippen molar-refractivity contribution in [3.8, 4) is 0 Å². The second kappa shape index (κ2) is 1.74. The molecule has 48 valence electrons. The van der Waals surface area contributed by atoms with Crippen LogP contribution in [-0.2, 0) is 0 Å². The van der Waals surface area contributed by atoms with Crippen LogP contribution in [-0.4, -0.2) is 0 Å². The van der Waals surface area contributed by atoms with E-state index in [1.54, 1.807) is 18.2 Å². The summed E-state index contributed by atoms with van der Waals surface area (Å²) in [5.74, 6) is 0. The van der Waals surface area contributed by atoms with E-state index in [-0.39, 0.29) is 4.28 Å². The van der Waals surface area contributed by atoms with Crippen LogP contribution in [0.2, 0.25) is 0 Å². The molecule has 0 aliphatic rings. The molecule has 1 aromatic rings. The molecular weight excluding hydrogens is 100 g/mol. The number of nitrogen functional groups attached to an aromatic ring is 2. The Kier molecular flexibility index (Phi) is 1.08. The van der Waals surface area contributed by atoms with Crippen LogP contribution >= 0.6 is 0 Å². The molecule has 2 heteroatoms. The van der Waals surface area contributed by atoms with Crippen molar-refractivity contribution >= 4 is 11.4 Å². The highest BCUT2D eigenvalue weighted by Crippen LogP contribution is 2.06. The summed E-state index contributed by atoms with van der Waals surface area (Å²) in [5.41, 5.74) is 12.2. The van der Waals surface area contributed by atoms with Gasteiger partial charge in [-0.2, -0.15) is 0 Å². The van der Waals surface area contributed by atoms with E-state index < -0.39 is 0 Å². The Labute approximate surface area is 52.6 Å². The van der Waals surface area contributed by atoms with Crippen LogP contribution in [0.15, 0.2) is 24.3 Å². The minimum atomic E-state index is 0. The predicted molar refractivity (Wildman–Crippen MR) is 41.6 cm³/mol. The van der Waals surface area contributed by atoms with E-state index >= 15 is 0 Å². The molecule has 4 N–H and O–H groups in total. The lowest BCUT2D eigenvalue weighted by Crippen LogP contribution is -1.87. The lowest BCUT2D eigenvalue weighted by molar-refractivity contribution is 1.67. The Hall–Kier alpha value is -1.18. The molecule has 0 saturated carbocycles. The molecule has 0 radical (unpaired) electrons. The third kappa shape index (κ3) is 0.904. The number of anilines is 2. The average Bonchev–Trinajstić information content (AvgIpc) is 1.64. The minimum Gasteiger partial charge on any atom is -0.399 e. The first kappa shape index (κ1) is 4.97. The number of nitrogens with two attached hydrogens (primary N) is 2. The maximum atomic E-state index is 5.38. The fraction of sp³-hybridized carbons (Fsp3) is 0. The van der Waals surface area contributed by atoms with Crippen LogP contribution in [0.1, 0.15) is 4.28 Å². The molecule has 0 amide bonds. The van der Waals surface area contributed by atoms with Gasteiger partial charge >= 0.3 is 0 Å². The van der Waals surface area contributed by atoms with Gasteiger partial charge < -0.3 is 11.5 Å². The number of rotatable bonds is 0. The molecule has 0 aromatic heterocycles. The van der Waals surface area contributed by atoms with E-state index in [9.17, 15) is 0 Å². The Morgan fingerprint density at radius 2 is 1.62 bits per heavy atom. The van der Waals surface area contributed by atoms with Crippen LogP contribution in [0, 0.1) is 0 Å². The van der Waals surface area contributed by atoms with Crippen LogP contribution in [0.3, 0.4) is 0 Å². The second-order valence-electron chi connectivity index (χ2n) is 1.67. The maximum absolute atomic E-state index is 5.38. The van der Waals surface area contributed by atoms with Gasteiger partial charge in [0.15, 0.2) is 0 Å². The van der Waals surface area contributed by atoms with Crippen molar-refractivity contribution in [3.63, 3.8) is 0 Å². The molecule has 1 rings (SSSR count). The lowest BCUT2D eigenvalue weighted by atomic mass is 10.3. The Morgan fingerprint density at radius 1 is 1.12 bits per heavy atom. The van der Waals surface area contributed by atoms with Crippen LogP contribution in [0.5, 0.6) is 0 Å². The molecular formula is C6H14N2. The number of benzene rings is 1. The van der Waals surface area contributed by atoms with Crippen molar-refractivity contribution < 1.29 is 4.28 Å². The Morgan fingerprint density at radius 3 is 1.88 bits per heavy atom. The predicted octanol–water partition coefficient (Wildman–Crippen LogP) is 1.59. The SMILES string of the molecule is Nc1cccc(N)c1.[HH].[HH].[HH]. The summed E-state index contributed by atoms with van der Waals surface area (Å²) in [7, 11) is 0. The summed E-state index contributed by atoms with van der Waals surface area (Å²) in [6.45, 7) is 0. The molecule has 0 saturated heterocycles. The minimum absolute atomic E-state index is 0. The molecule has 8 heavy (non-hydrogen) atoms. The van der Waals surface area contributed by atoms with E-state index in [0.717, 1.165) is 0 Å². The second-order valence-corrected chi connectivity index (χ2v) is 1.67. The Bertz CT molecular complexity index is 176. The third-order valence-electron chi connectivity index (χ3n) is 0.911. The van der Waals surface area contributed by atoms with E-state index in [1.807, 2.05) is 6.07 Å². The molecule has 0 atom stereocenters. The first-order valence-electron chi connectivity index (χ1n) is 2.40. The van der Waals surface area contributed by atoms with E-state index in [1.165, 1.54) is 0 Å². The number of hydrogen-bond donors (Lipinski definition) is 2. The highest BCUT2D eigenvalue weighted by atomic mass is 14.6. The topological polar surface area (TPSA) is 52.0 Å². The first-order valence-corrected chi connectivity index (χ1v) is 2.40. The molecule has 2 nitrogen and oxygen atoms in total. The summed E-state index contributed by atoms with van der Waals surface area (Å²) in [6.07, 6.45) is 0. The molecule has 1 aromatic carbocycles. The zero-order valence-corrected chi connectivity index (χ0v) is 4.46. The van der Waals surface area contributed by atoms with Gasteiger partial charge in [-0.3, -0.25) is 0 Å². The highest BCUT2D eigenvalue weighted by Gasteiger charge is 1.81. The third-order valence-corrected chi connectivity index (χ3v) is 0.911. The average molecular weight is 114 g/mol. The monoisotopic (exact) mass is 114 g/mol.